The van der Waals surface area contributed by atoms with Crippen LogP contribution in [0.25, 0.3) is 10.9 Å². The molecule has 0 radical (unpaired) electrons. The van der Waals surface area contributed by atoms with Crippen molar-refractivity contribution in [2.45, 2.75) is 25.6 Å². The molecule has 3 aromatic rings. The predicted octanol–water partition coefficient (Wildman–Crippen LogP) is 2.54. The number of amides is 1. The topological polar surface area (TPSA) is 116 Å². The minimum atomic E-state index is -4.80. The van der Waals surface area contributed by atoms with E-state index in [1.165, 1.54) is 0 Å². The van der Waals surface area contributed by atoms with E-state index in [4.69, 9.17) is 0 Å². The second-order valence-electron chi connectivity index (χ2n) is 6.29. The average Bonchev–Trinajstić information content (AvgIpc) is 3.30. The van der Waals surface area contributed by atoms with E-state index in [1.54, 1.807) is 6.20 Å². The number of rotatable bonds is 7. The Kier molecular flexibility index (Phi) is 6.20. The molecule has 1 amide bonds. The number of alkyl halides is 3. The van der Waals surface area contributed by atoms with Gasteiger partial charge in [0.15, 0.2) is 10.9 Å². The molecule has 0 aliphatic heterocycles. The van der Waals surface area contributed by atoms with E-state index in [0.29, 0.717) is 11.8 Å². The highest BCUT2D eigenvalue weighted by Crippen LogP contribution is 2.31. The van der Waals surface area contributed by atoms with E-state index < -0.39 is 34.9 Å². The van der Waals surface area contributed by atoms with Gasteiger partial charge in [-0.1, -0.05) is 35.2 Å². The van der Waals surface area contributed by atoms with E-state index in [9.17, 15) is 22.8 Å². The predicted molar refractivity (Wildman–Crippen MR) is 99.7 cm³/mol. The van der Waals surface area contributed by atoms with Gasteiger partial charge in [0.1, 0.15) is 5.92 Å². The third-order valence-electron chi connectivity index (χ3n) is 4.25. The molecule has 3 rings (SSSR count). The molecule has 0 saturated carbocycles. The summed E-state index contributed by atoms with van der Waals surface area (Å²) in [6.45, 7) is 1.15. The third-order valence-corrected chi connectivity index (χ3v) is 5.16. The van der Waals surface area contributed by atoms with Gasteiger partial charge in [-0.2, -0.15) is 18.4 Å². The van der Waals surface area contributed by atoms with Crippen molar-refractivity contribution in [2.24, 2.45) is 5.92 Å². The maximum Gasteiger partial charge on any atom is 0.401 e. The summed E-state index contributed by atoms with van der Waals surface area (Å²) in [6, 6.07) is 6.47. The van der Waals surface area contributed by atoms with Crippen LogP contribution in [-0.4, -0.2) is 48.6 Å². The highest BCUT2D eigenvalue weighted by molar-refractivity contribution is 8.13. The number of carbonyl (C=O) groups is 2. The Hall–Kier alpha value is -2.89. The van der Waals surface area contributed by atoms with Crippen LogP contribution >= 0.6 is 11.8 Å². The Morgan fingerprint density at radius 2 is 2.03 bits per heavy atom. The summed E-state index contributed by atoms with van der Waals surface area (Å²) in [4.78, 5) is 26.6. The molecule has 0 aliphatic carbocycles. The number of halogens is 3. The second-order valence-corrected chi connectivity index (χ2v) is 7.49. The molecule has 2 aromatic heterocycles. The molecule has 12 heteroatoms. The molecule has 0 aliphatic rings. The summed E-state index contributed by atoms with van der Waals surface area (Å²) in [7, 11) is 0. The fourth-order valence-electron chi connectivity index (χ4n) is 2.84. The first-order valence-corrected chi connectivity index (χ1v) is 9.53. The van der Waals surface area contributed by atoms with Gasteiger partial charge in [0.2, 0.25) is 5.91 Å². The van der Waals surface area contributed by atoms with Crippen LogP contribution in [0.2, 0.25) is 0 Å². The summed E-state index contributed by atoms with van der Waals surface area (Å²) < 4.78 is 40.1. The fraction of sp³-hybridized carbons (Fsp3) is 0.353. The minimum Gasteiger partial charge on any atom is -0.361 e. The molecule has 3 N–H and O–H groups in total. The highest BCUT2D eigenvalue weighted by atomic mass is 32.2. The van der Waals surface area contributed by atoms with Crippen LogP contribution in [0, 0.1) is 5.92 Å². The van der Waals surface area contributed by atoms with Gasteiger partial charge in [0.05, 0.1) is 6.04 Å². The van der Waals surface area contributed by atoms with Crippen LogP contribution in [0.15, 0.2) is 30.5 Å². The van der Waals surface area contributed by atoms with Crippen LogP contribution in [0.4, 0.5) is 13.2 Å². The number of hydrogen-bond donors (Lipinski definition) is 3. The van der Waals surface area contributed by atoms with E-state index in [1.807, 2.05) is 24.3 Å². The molecular weight excluding hydrogens is 409 g/mol. The number of benzene rings is 1. The van der Waals surface area contributed by atoms with Crippen molar-refractivity contribution < 1.29 is 22.8 Å². The maximum atomic E-state index is 13.4. The van der Waals surface area contributed by atoms with Gasteiger partial charge in [0.25, 0.3) is 0 Å². The standard InChI is InChI=1S/C17H17F3N6O2S/c1-9(27)29-8-12(17(18,19)20)16(28)22-14(15-23-25-26-24-15)6-10-7-21-13-5-3-2-4-11(10)13/h2-5,7,12,14,21H,6,8H2,1H3,(H,22,28)(H,23,24,25,26)/t12-,14?/m1/s1. The zero-order valence-corrected chi connectivity index (χ0v) is 16.0. The summed E-state index contributed by atoms with van der Waals surface area (Å²) in [5.74, 6) is -4.23. The van der Waals surface area contributed by atoms with Crippen molar-refractivity contribution in [1.29, 1.82) is 0 Å². The van der Waals surface area contributed by atoms with Crippen molar-refractivity contribution in [3.05, 3.63) is 41.9 Å². The second kappa shape index (κ2) is 8.64. The first-order chi connectivity index (χ1) is 13.8. The lowest BCUT2D eigenvalue weighted by Gasteiger charge is -2.22. The number of fused-ring (bicyclic) bond motifs is 1. The molecule has 29 heavy (non-hydrogen) atoms. The van der Waals surface area contributed by atoms with E-state index in [2.05, 4.69) is 30.9 Å². The number of tetrazole rings is 1. The third kappa shape index (κ3) is 5.13. The van der Waals surface area contributed by atoms with E-state index >= 15 is 0 Å². The zero-order valence-electron chi connectivity index (χ0n) is 15.2. The number of nitrogens with one attached hydrogen (secondary N) is 3. The fourth-order valence-corrected chi connectivity index (χ4v) is 3.58. The molecule has 0 fully saturated rings. The van der Waals surface area contributed by atoms with Crippen molar-refractivity contribution >= 4 is 33.7 Å². The van der Waals surface area contributed by atoms with Crippen LogP contribution in [0.1, 0.15) is 24.4 Å². The van der Waals surface area contributed by atoms with Crippen molar-refractivity contribution in [2.75, 3.05) is 5.75 Å². The maximum absolute atomic E-state index is 13.4. The van der Waals surface area contributed by atoms with Gasteiger partial charge in [-0.3, -0.25) is 9.59 Å². The van der Waals surface area contributed by atoms with E-state index in [0.717, 1.165) is 23.4 Å². The number of para-hydroxylation sites is 1. The van der Waals surface area contributed by atoms with Gasteiger partial charge in [-0.15, -0.1) is 10.2 Å². The van der Waals surface area contributed by atoms with Gasteiger partial charge < -0.3 is 10.3 Å². The number of carbonyl (C=O) groups excluding carboxylic acids is 2. The van der Waals surface area contributed by atoms with Gasteiger partial charge in [-0.05, 0) is 11.6 Å². The van der Waals surface area contributed by atoms with Gasteiger partial charge in [0, 0.05) is 36.2 Å². The lowest BCUT2D eigenvalue weighted by Crippen LogP contribution is -2.43. The Balaban J connectivity index is 1.83. The summed E-state index contributed by atoms with van der Waals surface area (Å²) in [5, 5.41) is 16.0. The molecule has 1 unspecified atom stereocenters. The van der Waals surface area contributed by atoms with Crippen LogP contribution in [-0.2, 0) is 16.0 Å². The number of aromatic amines is 2. The normalized spacial score (nSPS) is 13.9. The molecule has 154 valence electrons. The number of aromatic nitrogens is 5. The Morgan fingerprint density at radius 1 is 1.28 bits per heavy atom. The molecule has 2 heterocycles. The smallest absolute Gasteiger partial charge is 0.361 e. The number of hydrogen-bond acceptors (Lipinski definition) is 6. The van der Waals surface area contributed by atoms with Gasteiger partial charge >= 0.3 is 6.18 Å². The highest BCUT2D eigenvalue weighted by Gasteiger charge is 2.45. The minimum absolute atomic E-state index is 0.0591. The molecule has 0 spiro atoms. The van der Waals surface area contributed by atoms with Crippen LogP contribution in [0.5, 0.6) is 0 Å². The first kappa shape index (κ1) is 20.8. The molecule has 0 bridgehead atoms. The summed E-state index contributed by atoms with van der Waals surface area (Å²) in [6.07, 6.45) is -2.93. The molecule has 8 nitrogen and oxygen atoms in total. The largest absolute Gasteiger partial charge is 0.401 e. The molecule has 1 aromatic carbocycles. The summed E-state index contributed by atoms with van der Waals surface area (Å²) in [5.41, 5.74) is 1.63. The molecule has 0 saturated heterocycles. The van der Waals surface area contributed by atoms with Crippen molar-refractivity contribution in [3.63, 3.8) is 0 Å². The van der Waals surface area contributed by atoms with Crippen molar-refractivity contribution in [1.82, 2.24) is 30.9 Å². The molecular formula is C17H17F3N6O2S. The average molecular weight is 426 g/mol. The lowest BCUT2D eigenvalue weighted by molar-refractivity contribution is -0.178. The van der Waals surface area contributed by atoms with Crippen molar-refractivity contribution in [3.8, 4) is 0 Å². The summed E-state index contributed by atoms with van der Waals surface area (Å²) >= 11 is 0.452. The van der Waals surface area contributed by atoms with E-state index in [-0.39, 0.29) is 12.2 Å². The Bertz CT molecular complexity index is 989. The zero-order chi connectivity index (χ0) is 21.0. The number of thioether (sulfide) groups is 1. The SMILES string of the molecule is CC(=O)SC[C@H](C(=O)NC(Cc1c[nH]c2ccccc12)c1nn[nH]n1)C(F)(F)F. The number of nitrogens with zero attached hydrogens (tertiary/aromatic N) is 3. The molecule has 2 atom stereocenters. The van der Waals surface area contributed by atoms with Crippen LogP contribution < -0.4 is 5.32 Å². The monoisotopic (exact) mass is 426 g/mol. The van der Waals surface area contributed by atoms with Gasteiger partial charge in [-0.25, -0.2) is 0 Å². The lowest BCUT2D eigenvalue weighted by atomic mass is 10.0. The van der Waals surface area contributed by atoms with Crippen LogP contribution in [0.3, 0.4) is 0 Å². The first-order valence-electron chi connectivity index (χ1n) is 8.54. The number of H-pyrrole nitrogens is 2. The Labute approximate surface area is 167 Å². The Morgan fingerprint density at radius 3 is 2.69 bits per heavy atom. The quantitative estimate of drug-likeness (QED) is 0.535.